The Balaban J connectivity index is 1.03. The second-order valence-corrected chi connectivity index (χ2v) is 17.2. The molecule has 4 heterocycles. The lowest BCUT2D eigenvalue weighted by atomic mass is 10.0. The lowest BCUT2D eigenvalue weighted by Crippen LogP contribution is -2.01. The molecule has 0 radical (unpaired) electrons. The molecule has 0 saturated carbocycles. The van der Waals surface area contributed by atoms with Crippen LogP contribution in [-0.4, -0.2) is 28.7 Å². The molecule has 312 valence electrons. The number of aromatic nitrogens is 6. The normalized spacial score (nSPS) is 11.9. The van der Waals surface area contributed by atoms with Crippen molar-refractivity contribution in [3.8, 4) is 51.2 Å². The quantitative estimate of drug-likeness (QED) is 0.167. The van der Waals surface area contributed by atoms with Gasteiger partial charge in [0.1, 0.15) is 0 Å². The molecule has 0 aliphatic heterocycles. The fraction of sp³-hybridized carbons (Fsp3) is 0. The van der Waals surface area contributed by atoms with Crippen molar-refractivity contribution in [2.24, 2.45) is 0 Å². The van der Waals surface area contributed by atoms with E-state index in [4.69, 9.17) is 15.0 Å². The van der Waals surface area contributed by atoms with Gasteiger partial charge in [0, 0.05) is 65.8 Å². The van der Waals surface area contributed by atoms with Crippen LogP contribution >= 0.6 is 0 Å². The van der Waals surface area contributed by atoms with E-state index in [9.17, 15) is 0 Å². The van der Waals surface area contributed by atoms with E-state index in [1.54, 1.807) is 0 Å². The Morgan fingerprint density at radius 1 is 0.239 bits per heavy atom. The summed E-state index contributed by atoms with van der Waals surface area (Å²) < 4.78 is 7.27. The SMILES string of the molecule is c1ccc(-c2nc(-c3ccccc3)nc(-c3cccc4c(-n5c6ccc(-n7c8ccccc8c8ccccc87)cc6c6cc(-n7c8ccccc8c8ccccc87)ccc65)cccc34)n2)cc1. The molecule has 10 aromatic carbocycles. The van der Waals surface area contributed by atoms with E-state index in [-0.39, 0.29) is 0 Å². The zero-order valence-electron chi connectivity index (χ0n) is 36.1. The fourth-order valence-corrected chi connectivity index (χ4v) is 10.6. The highest BCUT2D eigenvalue weighted by molar-refractivity contribution is 6.15. The zero-order valence-corrected chi connectivity index (χ0v) is 36.1. The van der Waals surface area contributed by atoms with Crippen LogP contribution in [0, 0.1) is 0 Å². The summed E-state index contributed by atoms with van der Waals surface area (Å²) in [5.41, 5.74) is 13.1. The smallest absolute Gasteiger partial charge is 0.164 e. The molecule has 0 saturated heterocycles. The lowest BCUT2D eigenvalue weighted by molar-refractivity contribution is 1.08. The highest BCUT2D eigenvalue weighted by Crippen LogP contribution is 2.41. The van der Waals surface area contributed by atoms with Gasteiger partial charge in [0.15, 0.2) is 17.5 Å². The van der Waals surface area contributed by atoms with Crippen LogP contribution in [0.3, 0.4) is 0 Å². The molecule has 6 heteroatoms. The molecule has 4 aromatic heterocycles. The number of rotatable bonds is 6. The molecule has 0 atom stereocenters. The van der Waals surface area contributed by atoms with Crippen molar-refractivity contribution >= 4 is 76.2 Å². The van der Waals surface area contributed by atoms with Crippen LogP contribution in [0.2, 0.25) is 0 Å². The molecule has 14 aromatic rings. The van der Waals surface area contributed by atoms with Crippen LogP contribution in [0.5, 0.6) is 0 Å². The monoisotopic (exact) mass is 854 g/mol. The number of nitrogens with zero attached hydrogens (tertiary/aromatic N) is 6. The van der Waals surface area contributed by atoms with Gasteiger partial charge in [-0.2, -0.15) is 0 Å². The first-order chi connectivity index (χ1) is 33.2. The van der Waals surface area contributed by atoms with Gasteiger partial charge in [0.2, 0.25) is 0 Å². The molecule has 0 N–H and O–H groups in total. The summed E-state index contributed by atoms with van der Waals surface area (Å²) in [4.78, 5) is 15.3. The van der Waals surface area contributed by atoms with Gasteiger partial charge in [0.25, 0.3) is 0 Å². The maximum absolute atomic E-state index is 5.16. The molecule has 0 aliphatic rings. The zero-order chi connectivity index (χ0) is 44.0. The van der Waals surface area contributed by atoms with Crippen LogP contribution in [-0.2, 0) is 0 Å². The van der Waals surface area contributed by atoms with E-state index >= 15 is 0 Å². The fourth-order valence-electron chi connectivity index (χ4n) is 10.6. The van der Waals surface area contributed by atoms with Crippen molar-refractivity contribution in [2.75, 3.05) is 0 Å². The third kappa shape index (κ3) is 5.73. The highest BCUT2D eigenvalue weighted by atomic mass is 15.0. The minimum atomic E-state index is 0.629. The minimum Gasteiger partial charge on any atom is -0.309 e. The van der Waals surface area contributed by atoms with Gasteiger partial charge in [-0.15, -0.1) is 0 Å². The van der Waals surface area contributed by atoms with E-state index in [1.165, 1.54) is 54.4 Å². The maximum Gasteiger partial charge on any atom is 0.164 e. The summed E-state index contributed by atoms with van der Waals surface area (Å²) in [6.07, 6.45) is 0. The first kappa shape index (κ1) is 37.3. The molecule has 0 amide bonds. The molecule has 14 rings (SSSR count). The standard InChI is InChI=1S/C61H38N6/c1-3-17-39(18-4-1)59-62-60(40-19-5-2-6-20-40)64-61(63-59)49-27-15-26-44-43(49)25-16-32-56(44)67-57-35-33-41(65-52-28-11-7-21-45(52)46-22-8-12-29-53(46)65)37-50(57)51-38-42(34-36-58(51)67)66-54-30-13-9-23-47(54)48-24-10-14-31-55(48)66/h1-38H. The Hall–Kier alpha value is -9.13. The number of fused-ring (bicyclic) bond motifs is 10. The number of para-hydroxylation sites is 4. The van der Waals surface area contributed by atoms with Crippen LogP contribution in [0.25, 0.3) is 127 Å². The second-order valence-electron chi connectivity index (χ2n) is 17.2. The predicted molar refractivity (Wildman–Crippen MR) is 277 cm³/mol. The summed E-state index contributed by atoms with van der Waals surface area (Å²) >= 11 is 0. The van der Waals surface area contributed by atoms with Crippen molar-refractivity contribution in [1.29, 1.82) is 0 Å². The molecular formula is C61H38N6. The summed E-state index contributed by atoms with van der Waals surface area (Å²) in [6, 6.07) is 82.3. The van der Waals surface area contributed by atoms with Crippen LogP contribution in [0.4, 0.5) is 0 Å². The summed E-state index contributed by atoms with van der Waals surface area (Å²) in [5, 5.41) is 9.46. The number of hydrogen-bond acceptors (Lipinski definition) is 3. The van der Waals surface area contributed by atoms with E-state index in [0.29, 0.717) is 17.5 Å². The average molecular weight is 855 g/mol. The van der Waals surface area contributed by atoms with Crippen molar-refractivity contribution in [3.63, 3.8) is 0 Å². The van der Waals surface area contributed by atoms with E-state index in [1.807, 2.05) is 36.4 Å². The van der Waals surface area contributed by atoms with Crippen molar-refractivity contribution < 1.29 is 0 Å². The Morgan fingerprint density at radius 3 is 1.09 bits per heavy atom. The van der Waals surface area contributed by atoms with Gasteiger partial charge in [-0.1, -0.05) is 164 Å². The van der Waals surface area contributed by atoms with Crippen LogP contribution < -0.4 is 0 Å². The Kier molecular flexibility index (Phi) is 8.18. The van der Waals surface area contributed by atoms with Crippen molar-refractivity contribution in [1.82, 2.24) is 28.7 Å². The largest absolute Gasteiger partial charge is 0.309 e. The average Bonchev–Trinajstić information content (AvgIpc) is 4.04. The second kappa shape index (κ2) is 14.7. The van der Waals surface area contributed by atoms with Crippen LogP contribution in [0.15, 0.2) is 231 Å². The molecule has 0 fully saturated rings. The van der Waals surface area contributed by atoms with E-state index in [2.05, 4.69) is 208 Å². The topological polar surface area (TPSA) is 53.5 Å². The predicted octanol–water partition coefficient (Wildman–Crippen LogP) is 15.3. The van der Waals surface area contributed by atoms with Gasteiger partial charge in [-0.05, 0) is 72.1 Å². The van der Waals surface area contributed by atoms with Gasteiger partial charge in [-0.25, -0.2) is 15.0 Å². The van der Waals surface area contributed by atoms with Gasteiger partial charge in [-0.3, -0.25) is 0 Å². The summed E-state index contributed by atoms with van der Waals surface area (Å²) in [6.45, 7) is 0. The third-order valence-electron chi connectivity index (χ3n) is 13.5. The highest BCUT2D eigenvalue weighted by Gasteiger charge is 2.21. The van der Waals surface area contributed by atoms with E-state index in [0.717, 1.165) is 55.6 Å². The third-order valence-corrected chi connectivity index (χ3v) is 13.5. The van der Waals surface area contributed by atoms with Crippen molar-refractivity contribution in [3.05, 3.63) is 231 Å². The summed E-state index contributed by atoms with van der Waals surface area (Å²) in [7, 11) is 0. The van der Waals surface area contributed by atoms with Gasteiger partial charge < -0.3 is 13.7 Å². The van der Waals surface area contributed by atoms with Crippen LogP contribution in [0.1, 0.15) is 0 Å². The molecule has 6 nitrogen and oxygen atoms in total. The Bertz CT molecular complexity index is 3940. The Labute approximate surface area is 384 Å². The summed E-state index contributed by atoms with van der Waals surface area (Å²) in [5.74, 6) is 1.90. The number of hydrogen-bond donors (Lipinski definition) is 0. The first-order valence-electron chi connectivity index (χ1n) is 22.7. The first-order valence-corrected chi connectivity index (χ1v) is 22.7. The van der Waals surface area contributed by atoms with E-state index < -0.39 is 0 Å². The molecule has 0 aliphatic carbocycles. The molecule has 0 unspecified atom stereocenters. The Morgan fingerprint density at radius 2 is 0.612 bits per heavy atom. The maximum atomic E-state index is 5.16. The lowest BCUT2D eigenvalue weighted by Gasteiger charge is -2.15. The molecule has 0 spiro atoms. The van der Waals surface area contributed by atoms with Gasteiger partial charge in [0.05, 0.1) is 38.8 Å². The van der Waals surface area contributed by atoms with Gasteiger partial charge >= 0.3 is 0 Å². The molecule has 0 bridgehead atoms. The van der Waals surface area contributed by atoms with Crippen molar-refractivity contribution in [2.45, 2.75) is 0 Å². The molecular weight excluding hydrogens is 817 g/mol. The minimum absolute atomic E-state index is 0.629. The molecule has 67 heavy (non-hydrogen) atoms. The number of benzene rings is 10.